The van der Waals surface area contributed by atoms with Crippen LogP contribution in [-0.2, 0) is 6.61 Å². The van der Waals surface area contributed by atoms with Crippen molar-refractivity contribution in [2.75, 3.05) is 0 Å². The topological polar surface area (TPSA) is 52.3 Å². The summed E-state index contributed by atoms with van der Waals surface area (Å²) in [7, 11) is 0. The molecule has 0 aliphatic heterocycles. The zero-order valence-corrected chi connectivity index (χ0v) is 11.6. The van der Waals surface area contributed by atoms with Crippen LogP contribution >= 0.6 is 11.3 Å². The van der Waals surface area contributed by atoms with Gasteiger partial charge in [-0.2, -0.15) is 9.61 Å². The number of ether oxygens (including phenoxy) is 1. The number of hydrogen-bond acceptors (Lipinski definition) is 5. The molecule has 19 heavy (non-hydrogen) atoms. The number of benzene rings is 1. The van der Waals surface area contributed by atoms with E-state index in [1.807, 2.05) is 30.3 Å². The Morgan fingerprint density at radius 3 is 2.74 bits per heavy atom. The van der Waals surface area contributed by atoms with E-state index in [1.165, 1.54) is 0 Å². The van der Waals surface area contributed by atoms with Crippen molar-refractivity contribution in [1.82, 2.24) is 19.8 Å². The Labute approximate surface area is 114 Å². The van der Waals surface area contributed by atoms with Crippen molar-refractivity contribution in [2.24, 2.45) is 0 Å². The van der Waals surface area contributed by atoms with Crippen LogP contribution in [0.2, 0.25) is 0 Å². The fourth-order valence-corrected chi connectivity index (χ4v) is 2.52. The largest absolute Gasteiger partial charge is 0.486 e. The van der Waals surface area contributed by atoms with Gasteiger partial charge in [0.1, 0.15) is 17.4 Å². The molecule has 0 saturated carbocycles. The van der Waals surface area contributed by atoms with Gasteiger partial charge in [-0.15, -0.1) is 10.2 Å². The Balaban J connectivity index is 1.81. The minimum atomic E-state index is 0.368. The summed E-state index contributed by atoms with van der Waals surface area (Å²) in [6.45, 7) is 4.60. The van der Waals surface area contributed by atoms with Gasteiger partial charge >= 0.3 is 0 Å². The average molecular weight is 274 g/mol. The van der Waals surface area contributed by atoms with Gasteiger partial charge in [-0.1, -0.05) is 43.4 Å². The number of fused-ring (bicyclic) bond motifs is 1. The smallest absolute Gasteiger partial charge is 0.234 e. The van der Waals surface area contributed by atoms with Crippen LogP contribution in [0.1, 0.15) is 30.6 Å². The molecule has 0 fully saturated rings. The average Bonchev–Trinajstić information content (AvgIpc) is 2.98. The fourth-order valence-electron chi connectivity index (χ4n) is 1.66. The molecule has 0 unspecified atom stereocenters. The molecule has 0 aliphatic rings. The fraction of sp³-hybridized carbons (Fsp3) is 0.308. The minimum absolute atomic E-state index is 0.368. The second-order valence-electron chi connectivity index (χ2n) is 4.51. The second-order valence-corrected chi connectivity index (χ2v) is 5.49. The van der Waals surface area contributed by atoms with E-state index >= 15 is 0 Å². The first kappa shape index (κ1) is 12.1. The summed E-state index contributed by atoms with van der Waals surface area (Å²) >= 11 is 1.57. The first-order chi connectivity index (χ1) is 9.24. The molecule has 0 amide bonds. The van der Waals surface area contributed by atoms with Gasteiger partial charge in [0, 0.05) is 5.92 Å². The van der Waals surface area contributed by atoms with Crippen molar-refractivity contribution in [3.63, 3.8) is 0 Å². The van der Waals surface area contributed by atoms with Crippen LogP contribution in [-0.4, -0.2) is 19.8 Å². The van der Waals surface area contributed by atoms with Crippen molar-refractivity contribution >= 4 is 16.3 Å². The molecule has 0 bridgehead atoms. The second kappa shape index (κ2) is 4.97. The Bertz CT molecular complexity index is 674. The molecular formula is C13H14N4OS. The summed E-state index contributed by atoms with van der Waals surface area (Å²) in [6, 6.07) is 9.66. The van der Waals surface area contributed by atoms with Gasteiger partial charge in [0.15, 0.2) is 5.82 Å². The summed E-state index contributed by atoms with van der Waals surface area (Å²) < 4.78 is 7.44. The van der Waals surface area contributed by atoms with Crippen LogP contribution in [0, 0.1) is 0 Å². The van der Waals surface area contributed by atoms with Crippen molar-refractivity contribution in [1.29, 1.82) is 0 Å². The van der Waals surface area contributed by atoms with Crippen molar-refractivity contribution < 1.29 is 4.74 Å². The minimum Gasteiger partial charge on any atom is -0.486 e. The molecule has 98 valence electrons. The first-order valence-corrected chi connectivity index (χ1v) is 6.94. The number of para-hydroxylation sites is 1. The van der Waals surface area contributed by atoms with E-state index in [2.05, 4.69) is 29.1 Å². The predicted octanol–water partition coefficient (Wildman–Crippen LogP) is 2.89. The molecule has 0 aliphatic carbocycles. The molecule has 2 aromatic heterocycles. The number of aromatic nitrogens is 4. The van der Waals surface area contributed by atoms with E-state index in [9.17, 15) is 0 Å². The molecule has 0 saturated heterocycles. The molecule has 3 rings (SSSR count). The molecule has 3 aromatic rings. The van der Waals surface area contributed by atoms with Gasteiger partial charge < -0.3 is 4.74 Å². The third-order valence-corrected chi connectivity index (χ3v) is 3.88. The summed E-state index contributed by atoms with van der Waals surface area (Å²) in [5.74, 6) is 1.94. The van der Waals surface area contributed by atoms with Gasteiger partial charge in [-0.25, -0.2) is 0 Å². The highest BCUT2D eigenvalue weighted by molar-refractivity contribution is 7.16. The monoisotopic (exact) mass is 274 g/mol. The number of rotatable bonds is 4. The Hall–Kier alpha value is -1.95. The lowest BCUT2D eigenvalue weighted by atomic mass is 10.2. The SMILES string of the molecule is CC(C)c1nn2c(COc3ccccc3)nnc2s1. The predicted molar refractivity (Wildman–Crippen MR) is 73.5 cm³/mol. The van der Waals surface area contributed by atoms with E-state index in [0.29, 0.717) is 12.5 Å². The summed E-state index contributed by atoms with van der Waals surface area (Å²) in [5.41, 5.74) is 0. The van der Waals surface area contributed by atoms with Crippen LogP contribution in [0.5, 0.6) is 5.75 Å². The van der Waals surface area contributed by atoms with Crippen LogP contribution in [0.25, 0.3) is 4.96 Å². The zero-order valence-electron chi connectivity index (χ0n) is 10.8. The van der Waals surface area contributed by atoms with E-state index in [0.717, 1.165) is 21.5 Å². The van der Waals surface area contributed by atoms with Crippen LogP contribution in [0.4, 0.5) is 0 Å². The van der Waals surface area contributed by atoms with Crippen molar-refractivity contribution in [3.8, 4) is 5.75 Å². The van der Waals surface area contributed by atoms with Crippen molar-refractivity contribution in [3.05, 3.63) is 41.2 Å². The maximum atomic E-state index is 5.67. The van der Waals surface area contributed by atoms with Crippen LogP contribution in [0.15, 0.2) is 30.3 Å². The molecule has 1 aromatic carbocycles. The third-order valence-electron chi connectivity index (χ3n) is 2.68. The highest BCUT2D eigenvalue weighted by atomic mass is 32.1. The zero-order chi connectivity index (χ0) is 13.2. The van der Waals surface area contributed by atoms with Gasteiger partial charge in [0.05, 0.1) is 0 Å². The molecular weight excluding hydrogens is 260 g/mol. The quantitative estimate of drug-likeness (QED) is 0.734. The Kier molecular flexibility index (Phi) is 3.16. The maximum Gasteiger partial charge on any atom is 0.234 e. The molecule has 0 N–H and O–H groups in total. The number of hydrogen-bond donors (Lipinski definition) is 0. The lowest BCUT2D eigenvalue weighted by molar-refractivity contribution is 0.292. The van der Waals surface area contributed by atoms with Gasteiger partial charge in [-0.3, -0.25) is 0 Å². The van der Waals surface area contributed by atoms with E-state index < -0.39 is 0 Å². The third kappa shape index (κ3) is 2.44. The molecule has 6 heteroatoms. The lowest BCUT2D eigenvalue weighted by Gasteiger charge is -2.03. The highest BCUT2D eigenvalue weighted by Crippen LogP contribution is 2.21. The Morgan fingerprint density at radius 1 is 1.21 bits per heavy atom. The highest BCUT2D eigenvalue weighted by Gasteiger charge is 2.13. The standard InChI is InChI=1S/C13H14N4OS/c1-9(2)12-16-17-11(14-15-13(17)19-12)8-18-10-6-4-3-5-7-10/h3-7,9H,8H2,1-2H3. The van der Waals surface area contributed by atoms with Gasteiger partial charge in [0.25, 0.3) is 0 Å². The van der Waals surface area contributed by atoms with Crippen molar-refractivity contribution in [2.45, 2.75) is 26.4 Å². The number of nitrogens with zero attached hydrogens (tertiary/aromatic N) is 4. The normalized spacial score (nSPS) is 11.3. The Morgan fingerprint density at radius 2 is 2.00 bits per heavy atom. The van der Waals surface area contributed by atoms with E-state index in [4.69, 9.17) is 4.74 Å². The first-order valence-electron chi connectivity index (χ1n) is 6.13. The summed E-state index contributed by atoms with van der Waals surface area (Å²) in [4.78, 5) is 0.815. The van der Waals surface area contributed by atoms with E-state index in [-0.39, 0.29) is 0 Å². The summed E-state index contributed by atoms with van der Waals surface area (Å²) in [5, 5.41) is 13.8. The molecule has 2 heterocycles. The van der Waals surface area contributed by atoms with Gasteiger partial charge in [0.2, 0.25) is 4.96 Å². The maximum absolute atomic E-state index is 5.67. The lowest BCUT2D eigenvalue weighted by Crippen LogP contribution is -2.02. The molecule has 0 atom stereocenters. The van der Waals surface area contributed by atoms with E-state index in [1.54, 1.807) is 15.9 Å². The summed E-state index contributed by atoms with van der Waals surface area (Å²) in [6.07, 6.45) is 0. The molecule has 0 radical (unpaired) electrons. The van der Waals surface area contributed by atoms with Gasteiger partial charge in [-0.05, 0) is 12.1 Å². The van der Waals surface area contributed by atoms with Crippen LogP contribution < -0.4 is 4.74 Å². The molecule has 5 nitrogen and oxygen atoms in total. The molecule has 0 spiro atoms. The van der Waals surface area contributed by atoms with Crippen LogP contribution in [0.3, 0.4) is 0 Å².